The summed E-state index contributed by atoms with van der Waals surface area (Å²) in [4.78, 5) is -0.965. The first-order valence-electron chi connectivity index (χ1n) is 7.61. The predicted molar refractivity (Wildman–Crippen MR) is 92.0 cm³/mol. The van der Waals surface area contributed by atoms with Gasteiger partial charge in [-0.15, -0.1) is 0 Å². The second kappa shape index (κ2) is 7.06. The summed E-state index contributed by atoms with van der Waals surface area (Å²) in [7, 11) is -4.13. The molecular formula is C17H9ClF6N2O2S. The summed E-state index contributed by atoms with van der Waals surface area (Å²) in [6.45, 7) is 0. The first-order valence-corrected chi connectivity index (χ1v) is 9.88. The monoisotopic (exact) mass is 454 g/mol. The summed E-state index contributed by atoms with van der Waals surface area (Å²) in [6.07, 6.45) is -4.28. The van der Waals surface area contributed by atoms with Gasteiger partial charge in [-0.2, -0.15) is 18.3 Å². The highest BCUT2D eigenvalue weighted by molar-refractivity contribution is 7.90. The predicted octanol–water partition coefficient (Wildman–Crippen LogP) is 5.03. The Kier molecular flexibility index (Phi) is 5.16. The van der Waals surface area contributed by atoms with Gasteiger partial charge in [-0.05, 0) is 30.3 Å². The molecule has 0 aliphatic carbocycles. The van der Waals surface area contributed by atoms with Gasteiger partial charge in [-0.1, -0.05) is 11.6 Å². The van der Waals surface area contributed by atoms with Crippen LogP contribution in [0.3, 0.4) is 0 Å². The SMILES string of the molecule is CS(=O)(=O)c1cc(F)c(-n2nc(C(F)(F)F)cc2-c2ccc(F)c(Cl)c2)cc1F. The minimum absolute atomic E-state index is 0.0635. The molecule has 1 aromatic heterocycles. The minimum Gasteiger partial charge on any atom is -0.229 e. The Bertz CT molecular complexity index is 1220. The number of benzene rings is 2. The highest BCUT2D eigenvalue weighted by Gasteiger charge is 2.36. The largest absolute Gasteiger partial charge is 0.435 e. The van der Waals surface area contributed by atoms with E-state index < -0.39 is 54.8 Å². The van der Waals surface area contributed by atoms with E-state index in [1.54, 1.807) is 0 Å². The fraction of sp³-hybridized carbons (Fsp3) is 0.118. The second-order valence-electron chi connectivity index (χ2n) is 5.96. The van der Waals surface area contributed by atoms with E-state index >= 15 is 0 Å². The Labute approximate surface area is 165 Å². The molecule has 3 aromatic rings. The zero-order chi connectivity index (χ0) is 21.7. The van der Waals surface area contributed by atoms with Gasteiger partial charge in [-0.25, -0.2) is 26.3 Å². The first kappa shape index (κ1) is 21.2. The molecule has 12 heteroatoms. The lowest BCUT2D eigenvalue weighted by Crippen LogP contribution is -2.10. The highest BCUT2D eigenvalue weighted by atomic mass is 35.5. The molecule has 0 unspecified atom stereocenters. The van der Waals surface area contributed by atoms with Crippen LogP contribution >= 0.6 is 11.6 Å². The minimum atomic E-state index is -4.93. The molecule has 4 nitrogen and oxygen atoms in total. The third-order valence-corrected chi connectivity index (χ3v) is 5.25. The topological polar surface area (TPSA) is 52.0 Å². The summed E-state index contributed by atoms with van der Waals surface area (Å²) in [5.74, 6) is -3.55. The van der Waals surface area contributed by atoms with Gasteiger partial charge in [0.15, 0.2) is 15.5 Å². The Balaban J connectivity index is 2.30. The number of hydrogen-bond acceptors (Lipinski definition) is 3. The Morgan fingerprint density at radius 1 is 0.966 bits per heavy atom. The van der Waals surface area contributed by atoms with Crippen molar-refractivity contribution in [3.8, 4) is 16.9 Å². The van der Waals surface area contributed by atoms with Gasteiger partial charge in [0.25, 0.3) is 0 Å². The highest BCUT2D eigenvalue weighted by Crippen LogP contribution is 2.35. The molecule has 0 fully saturated rings. The Hall–Kier alpha value is -2.53. The maximum absolute atomic E-state index is 14.5. The van der Waals surface area contributed by atoms with Crippen molar-refractivity contribution in [2.75, 3.05) is 6.26 Å². The molecule has 29 heavy (non-hydrogen) atoms. The molecule has 0 aliphatic heterocycles. The molecule has 0 saturated heterocycles. The van der Waals surface area contributed by atoms with E-state index in [0.717, 1.165) is 18.2 Å². The van der Waals surface area contributed by atoms with Crippen molar-refractivity contribution < 1.29 is 34.8 Å². The van der Waals surface area contributed by atoms with Crippen molar-refractivity contribution in [2.45, 2.75) is 11.1 Å². The van der Waals surface area contributed by atoms with E-state index in [-0.39, 0.29) is 11.3 Å². The van der Waals surface area contributed by atoms with Crippen LogP contribution in [0.15, 0.2) is 41.3 Å². The molecule has 0 saturated carbocycles. The number of hydrogen-bond donors (Lipinski definition) is 0. The summed E-state index contributed by atoms with van der Waals surface area (Å²) in [5, 5.41) is 2.86. The van der Waals surface area contributed by atoms with E-state index in [2.05, 4.69) is 5.10 Å². The fourth-order valence-corrected chi connectivity index (χ4v) is 3.44. The van der Waals surface area contributed by atoms with Crippen molar-refractivity contribution >= 4 is 21.4 Å². The molecule has 0 aliphatic rings. The molecule has 0 radical (unpaired) electrons. The fourth-order valence-electron chi connectivity index (χ4n) is 2.53. The van der Waals surface area contributed by atoms with E-state index in [9.17, 15) is 34.8 Å². The van der Waals surface area contributed by atoms with Gasteiger partial charge in [-0.3, -0.25) is 0 Å². The maximum Gasteiger partial charge on any atom is 0.435 e. The lowest BCUT2D eigenvalue weighted by Gasteiger charge is -2.11. The van der Waals surface area contributed by atoms with Gasteiger partial charge < -0.3 is 0 Å². The molecule has 0 spiro atoms. The normalized spacial score (nSPS) is 12.4. The molecular weight excluding hydrogens is 446 g/mol. The summed E-state index contributed by atoms with van der Waals surface area (Å²) in [6, 6.07) is 4.25. The van der Waals surface area contributed by atoms with Gasteiger partial charge >= 0.3 is 6.18 Å². The van der Waals surface area contributed by atoms with E-state index in [4.69, 9.17) is 11.6 Å². The van der Waals surface area contributed by atoms with Crippen molar-refractivity contribution in [1.82, 2.24) is 9.78 Å². The smallest absolute Gasteiger partial charge is 0.229 e. The van der Waals surface area contributed by atoms with Crippen molar-refractivity contribution in [1.29, 1.82) is 0 Å². The van der Waals surface area contributed by atoms with Gasteiger partial charge in [0.1, 0.15) is 28.0 Å². The maximum atomic E-state index is 14.5. The van der Waals surface area contributed by atoms with Crippen LogP contribution in [0, 0.1) is 17.5 Å². The van der Waals surface area contributed by atoms with Crippen molar-refractivity contribution in [3.63, 3.8) is 0 Å². The van der Waals surface area contributed by atoms with Crippen molar-refractivity contribution in [3.05, 3.63) is 64.6 Å². The first-order chi connectivity index (χ1) is 13.3. The molecule has 154 valence electrons. The van der Waals surface area contributed by atoms with Crippen LogP contribution in [0.4, 0.5) is 26.3 Å². The quantitative estimate of drug-likeness (QED) is 0.521. The van der Waals surface area contributed by atoms with E-state index in [1.807, 2.05) is 0 Å². The van der Waals surface area contributed by atoms with E-state index in [0.29, 0.717) is 29.1 Å². The van der Waals surface area contributed by atoms with Crippen LogP contribution in [0.1, 0.15) is 5.69 Å². The molecule has 0 bridgehead atoms. The number of halogens is 7. The molecule has 1 heterocycles. The van der Waals surface area contributed by atoms with Gasteiger partial charge in [0.2, 0.25) is 0 Å². The summed E-state index contributed by atoms with van der Waals surface area (Å²) < 4.78 is 105. The van der Waals surface area contributed by atoms with Crippen molar-refractivity contribution in [2.24, 2.45) is 0 Å². The van der Waals surface area contributed by atoms with Crippen LogP contribution in [-0.4, -0.2) is 24.5 Å². The number of sulfone groups is 1. The summed E-state index contributed by atoms with van der Waals surface area (Å²) in [5.41, 5.74) is -2.64. The second-order valence-corrected chi connectivity index (χ2v) is 8.35. The average molecular weight is 455 g/mol. The van der Waals surface area contributed by atoms with Gasteiger partial charge in [0, 0.05) is 17.9 Å². The zero-order valence-corrected chi connectivity index (χ0v) is 15.8. The standard InChI is InChI=1S/C17H9ClF6N2O2S/c1-29(27,28)15-6-11(20)14(5-12(15)21)26-13(7-16(25-26)17(22,23)24)8-2-3-10(19)9(18)4-8/h2-7H,1H3. The molecule has 0 amide bonds. The average Bonchev–Trinajstić information content (AvgIpc) is 3.03. The van der Waals surface area contributed by atoms with Crippen LogP contribution in [-0.2, 0) is 16.0 Å². The molecule has 2 aromatic carbocycles. The molecule has 3 rings (SSSR count). The van der Waals surface area contributed by atoms with Crippen LogP contribution in [0.5, 0.6) is 0 Å². The third kappa shape index (κ3) is 4.10. The lowest BCUT2D eigenvalue weighted by atomic mass is 10.1. The third-order valence-electron chi connectivity index (χ3n) is 3.84. The molecule has 0 N–H and O–H groups in total. The number of alkyl halides is 3. The van der Waals surface area contributed by atoms with Crippen LogP contribution in [0.2, 0.25) is 5.02 Å². The van der Waals surface area contributed by atoms with Crippen LogP contribution < -0.4 is 0 Å². The molecule has 0 atom stereocenters. The Morgan fingerprint density at radius 3 is 2.17 bits per heavy atom. The zero-order valence-electron chi connectivity index (χ0n) is 14.2. The Morgan fingerprint density at radius 2 is 1.62 bits per heavy atom. The number of nitrogens with zero attached hydrogens (tertiary/aromatic N) is 2. The van der Waals surface area contributed by atoms with Gasteiger partial charge in [0.05, 0.1) is 10.7 Å². The number of aromatic nitrogens is 2. The van der Waals surface area contributed by atoms with Crippen LogP contribution in [0.25, 0.3) is 16.9 Å². The number of rotatable bonds is 3. The summed E-state index contributed by atoms with van der Waals surface area (Å²) >= 11 is 5.66. The lowest BCUT2D eigenvalue weighted by molar-refractivity contribution is -0.141. The van der Waals surface area contributed by atoms with E-state index in [1.165, 1.54) is 0 Å².